The van der Waals surface area contributed by atoms with E-state index < -0.39 is 23.3 Å². The molecule has 1 aromatic carbocycles. The monoisotopic (exact) mass is 346 g/mol. The van der Waals surface area contributed by atoms with E-state index in [1.54, 1.807) is 31.2 Å². The highest BCUT2D eigenvalue weighted by Gasteiger charge is 2.12. The number of urea groups is 1. The molecule has 0 saturated carbocycles. The van der Waals surface area contributed by atoms with Gasteiger partial charge in [0.15, 0.2) is 0 Å². The molecule has 0 aliphatic carbocycles. The van der Waals surface area contributed by atoms with Gasteiger partial charge < -0.3 is 20.5 Å². The molecule has 0 bridgehead atoms. The summed E-state index contributed by atoms with van der Waals surface area (Å²) in [6, 6.07) is 8.68. The van der Waals surface area contributed by atoms with Crippen molar-refractivity contribution in [1.82, 2.24) is 15.2 Å². The molecule has 132 valence electrons. The quantitative estimate of drug-likeness (QED) is 0.763. The predicted octanol–water partition coefficient (Wildman–Crippen LogP) is 1.36. The molecule has 1 aromatic heterocycles. The predicted molar refractivity (Wildman–Crippen MR) is 91.8 cm³/mol. The standard InChI is InChI=1S/C17H19FN4O3/c1-11-7-8-14(21-17(25)19-2)16(24)22(11)10-15(23)20-9-12-5-3-4-6-13(12)18/h3-8H,9-10H2,1-2H3,(H,20,23)(H2,19,21,25). The van der Waals surface area contributed by atoms with Gasteiger partial charge in [-0.25, -0.2) is 9.18 Å². The zero-order valence-electron chi connectivity index (χ0n) is 13.9. The third-order valence-corrected chi connectivity index (χ3v) is 3.60. The number of halogens is 1. The van der Waals surface area contributed by atoms with Crippen molar-refractivity contribution in [2.24, 2.45) is 0 Å². The number of benzene rings is 1. The van der Waals surface area contributed by atoms with Gasteiger partial charge in [0.1, 0.15) is 18.0 Å². The lowest BCUT2D eigenvalue weighted by Crippen LogP contribution is -2.35. The molecule has 8 heteroatoms. The van der Waals surface area contributed by atoms with E-state index in [9.17, 15) is 18.8 Å². The summed E-state index contributed by atoms with van der Waals surface area (Å²) < 4.78 is 14.8. The number of amides is 3. The Morgan fingerprint density at radius 3 is 2.56 bits per heavy atom. The zero-order chi connectivity index (χ0) is 18.4. The molecule has 3 N–H and O–H groups in total. The van der Waals surface area contributed by atoms with E-state index in [2.05, 4.69) is 16.0 Å². The van der Waals surface area contributed by atoms with Crippen LogP contribution in [0, 0.1) is 12.7 Å². The van der Waals surface area contributed by atoms with Gasteiger partial charge in [-0.15, -0.1) is 0 Å². The Kier molecular flexibility index (Phi) is 5.89. The van der Waals surface area contributed by atoms with Crippen molar-refractivity contribution in [3.8, 4) is 0 Å². The molecule has 1 heterocycles. The van der Waals surface area contributed by atoms with Crippen molar-refractivity contribution in [2.45, 2.75) is 20.0 Å². The first-order chi connectivity index (χ1) is 11.9. The summed E-state index contributed by atoms with van der Waals surface area (Å²) in [6.45, 7) is 1.47. The van der Waals surface area contributed by atoms with Gasteiger partial charge in [-0.2, -0.15) is 0 Å². The van der Waals surface area contributed by atoms with Crippen LogP contribution in [0.15, 0.2) is 41.2 Å². The third kappa shape index (κ3) is 4.66. The summed E-state index contributed by atoms with van der Waals surface area (Å²) in [6.07, 6.45) is 0. The highest BCUT2D eigenvalue weighted by atomic mass is 19.1. The Balaban J connectivity index is 2.09. The van der Waals surface area contributed by atoms with Crippen molar-refractivity contribution in [3.63, 3.8) is 0 Å². The van der Waals surface area contributed by atoms with E-state index in [0.717, 1.165) is 0 Å². The molecule has 0 aliphatic rings. The van der Waals surface area contributed by atoms with Crippen molar-refractivity contribution in [1.29, 1.82) is 0 Å². The molecule has 7 nitrogen and oxygen atoms in total. The second kappa shape index (κ2) is 8.09. The second-order valence-corrected chi connectivity index (χ2v) is 5.35. The number of aryl methyl sites for hydroxylation is 1. The normalized spacial score (nSPS) is 10.2. The summed E-state index contributed by atoms with van der Waals surface area (Å²) in [7, 11) is 1.43. The number of carbonyl (C=O) groups is 2. The minimum absolute atomic E-state index is 0.0233. The largest absolute Gasteiger partial charge is 0.350 e. The molecule has 2 aromatic rings. The van der Waals surface area contributed by atoms with Crippen LogP contribution in [0.1, 0.15) is 11.3 Å². The fourth-order valence-corrected chi connectivity index (χ4v) is 2.18. The van der Waals surface area contributed by atoms with Crippen LogP contribution in [0.4, 0.5) is 14.9 Å². The minimum atomic E-state index is -0.531. The average molecular weight is 346 g/mol. The van der Waals surface area contributed by atoms with Crippen molar-refractivity contribution in [2.75, 3.05) is 12.4 Å². The summed E-state index contributed by atoms with van der Waals surface area (Å²) in [5.74, 6) is -0.849. The number of hydrogen-bond acceptors (Lipinski definition) is 3. The van der Waals surface area contributed by atoms with E-state index in [1.165, 1.54) is 23.7 Å². The SMILES string of the molecule is CNC(=O)Nc1ccc(C)n(CC(=O)NCc2ccccc2F)c1=O. The van der Waals surface area contributed by atoms with Crippen LogP contribution in [0.25, 0.3) is 0 Å². The Morgan fingerprint density at radius 1 is 1.16 bits per heavy atom. The second-order valence-electron chi connectivity index (χ2n) is 5.35. The number of carbonyl (C=O) groups excluding carboxylic acids is 2. The van der Waals surface area contributed by atoms with Crippen LogP contribution in [0.2, 0.25) is 0 Å². The van der Waals surface area contributed by atoms with Crippen LogP contribution in [-0.2, 0) is 17.9 Å². The van der Waals surface area contributed by atoms with Crippen LogP contribution in [-0.4, -0.2) is 23.6 Å². The maximum absolute atomic E-state index is 13.6. The average Bonchev–Trinajstić information content (AvgIpc) is 2.60. The lowest BCUT2D eigenvalue weighted by Gasteiger charge is -2.13. The number of nitrogens with zero attached hydrogens (tertiary/aromatic N) is 1. The molecular weight excluding hydrogens is 327 g/mol. The smallest absolute Gasteiger partial charge is 0.319 e. The van der Waals surface area contributed by atoms with Crippen LogP contribution in [0.3, 0.4) is 0 Å². The summed E-state index contributed by atoms with van der Waals surface area (Å²) in [5, 5.41) is 7.32. The van der Waals surface area contributed by atoms with Gasteiger partial charge >= 0.3 is 6.03 Å². The number of anilines is 1. The van der Waals surface area contributed by atoms with E-state index in [0.29, 0.717) is 11.3 Å². The highest BCUT2D eigenvalue weighted by molar-refractivity contribution is 5.88. The van der Waals surface area contributed by atoms with Crippen LogP contribution >= 0.6 is 0 Å². The molecule has 0 radical (unpaired) electrons. The van der Waals surface area contributed by atoms with Crippen molar-refractivity contribution in [3.05, 3.63) is 63.8 Å². The Hall–Kier alpha value is -3.16. The Morgan fingerprint density at radius 2 is 1.88 bits per heavy atom. The van der Waals surface area contributed by atoms with E-state index in [4.69, 9.17) is 0 Å². The van der Waals surface area contributed by atoms with Gasteiger partial charge in [-0.1, -0.05) is 18.2 Å². The molecule has 0 aliphatic heterocycles. The summed E-state index contributed by atoms with van der Waals surface area (Å²) in [5.41, 5.74) is 0.486. The number of rotatable bonds is 5. The zero-order valence-corrected chi connectivity index (χ0v) is 13.9. The molecule has 0 unspecified atom stereocenters. The van der Waals surface area contributed by atoms with E-state index in [-0.39, 0.29) is 18.8 Å². The Labute approximate surface area is 143 Å². The third-order valence-electron chi connectivity index (χ3n) is 3.60. The van der Waals surface area contributed by atoms with Gasteiger partial charge in [-0.05, 0) is 25.1 Å². The number of aromatic nitrogens is 1. The maximum atomic E-state index is 13.6. The fourth-order valence-electron chi connectivity index (χ4n) is 2.18. The van der Waals surface area contributed by atoms with Gasteiger partial charge in [0, 0.05) is 24.8 Å². The van der Waals surface area contributed by atoms with Crippen LogP contribution < -0.4 is 21.5 Å². The fraction of sp³-hybridized carbons (Fsp3) is 0.235. The van der Waals surface area contributed by atoms with Crippen molar-refractivity contribution >= 4 is 17.6 Å². The number of nitrogens with one attached hydrogen (secondary N) is 3. The number of pyridine rings is 1. The Bertz CT molecular complexity index is 848. The van der Waals surface area contributed by atoms with Gasteiger partial charge in [0.05, 0.1) is 0 Å². The van der Waals surface area contributed by atoms with E-state index >= 15 is 0 Å². The molecule has 0 fully saturated rings. The maximum Gasteiger partial charge on any atom is 0.319 e. The van der Waals surface area contributed by atoms with Crippen LogP contribution in [0.5, 0.6) is 0 Å². The highest BCUT2D eigenvalue weighted by Crippen LogP contribution is 2.06. The molecular formula is C17H19FN4O3. The first kappa shape index (κ1) is 18.2. The molecule has 25 heavy (non-hydrogen) atoms. The summed E-state index contributed by atoms with van der Waals surface area (Å²) in [4.78, 5) is 35.8. The van der Waals surface area contributed by atoms with Gasteiger partial charge in [0.25, 0.3) is 5.56 Å². The lowest BCUT2D eigenvalue weighted by molar-refractivity contribution is -0.121. The molecule has 3 amide bonds. The molecule has 0 atom stereocenters. The number of hydrogen-bond donors (Lipinski definition) is 3. The van der Waals surface area contributed by atoms with E-state index in [1.807, 2.05) is 0 Å². The topological polar surface area (TPSA) is 92.2 Å². The molecule has 0 saturated heterocycles. The van der Waals surface area contributed by atoms with Crippen molar-refractivity contribution < 1.29 is 14.0 Å². The first-order valence-corrected chi connectivity index (χ1v) is 7.61. The molecule has 0 spiro atoms. The molecule has 2 rings (SSSR count). The minimum Gasteiger partial charge on any atom is -0.350 e. The lowest BCUT2D eigenvalue weighted by atomic mass is 10.2. The first-order valence-electron chi connectivity index (χ1n) is 7.61. The van der Waals surface area contributed by atoms with Gasteiger partial charge in [-0.3, -0.25) is 9.59 Å². The van der Waals surface area contributed by atoms with Gasteiger partial charge in [0.2, 0.25) is 5.91 Å². The summed E-state index contributed by atoms with van der Waals surface area (Å²) >= 11 is 0.